The van der Waals surface area contributed by atoms with Gasteiger partial charge in [-0.25, -0.2) is 4.79 Å². The molecular formula is C16H22N2O3. The van der Waals surface area contributed by atoms with Crippen LogP contribution in [0.15, 0.2) is 18.2 Å². The monoisotopic (exact) mass is 290 g/mol. The van der Waals surface area contributed by atoms with E-state index >= 15 is 0 Å². The molecule has 1 aliphatic rings. The fourth-order valence-corrected chi connectivity index (χ4v) is 3.05. The molecule has 5 nitrogen and oxygen atoms in total. The Morgan fingerprint density at radius 2 is 2.05 bits per heavy atom. The molecule has 1 amide bonds. The summed E-state index contributed by atoms with van der Waals surface area (Å²) in [6.07, 6.45) is 4.03. The standard InChI is InChI=1S/C16H22N2O3/c1-16(2)8-4-3-5-12(16)14(19)18-13-7-6-10(17)9-11(13)15(20)21/h6-7,9,12H,3-5,8,17H2,1-2H3,(H,18,19)(H,20,21). The number of benzene rings is 1. The smallest absolute Gasteiger partial charge is 0.337 e. The lowest BCUT2D eigenvalue weighted by atomic mass is 9.68. The highest BCUT2D eigenvalue weighted by Gasteiger charge is 2.37. The van der Waals surface area contributed by atoms with Crippen LogP contribution in [0.1, 0.15) is 49.9 Å². The average Bonchev–Trinajstić information content (AvgIpc) is 2.39. The van der Waals surface area contributed by atoms with E-state index in [1.54, 1.807) is 12.1 Å². The van der Waals surface area contributed by atoms with Crippen LogP contribution in [0, 0.1) is 11.3 Å². The van der Waals surface area contributed by atoms with Crippen LogP contribution in [0.4, 0.5) is 11.4 Å². The van der Waals surface area contributed by atoms with Crippen LogP contribution in [-0.2, 0) is 4.79 Å². The average molecular weight is 290 g/mol. The summed E-state index contributed by atoms with van der Waals surface area (Å²) >= 11 is 0. The molecule has 5 heteroatoms. The second kappa shape index (κ2) is 5.76. The molecule has 1 unspecified atom stereocenters. The van der Waals surface area contributed by atoms with E-state index < -0.39 is 5.97 Å². The summed E-state index contributed by atoms with van der Waals surface area (Å²) in [4.78, 5) is 23.8. The van der Waals surface area contributed by atoms with Gasteiger partial charge in [0.25, 0.3) is 0 Å². The first-order valence-corrected chi connectivity index (χ1v) is 7.25. The van der Waals surface area contributed by atoms with Gasteiger partial charge in [-0.2, -0.15) is 0 Å². The molecule has 1 fully saturated rings. The second-order valence-corrected chi connectivity index (χ2v) is 6.39. The van der Waals surface area contributed by atoms with E-state index in [4.69, 9.17) is 5.73 Å². The summed E-state index contributed by atoms with van der Waals surface area (Å²) in [5.74, 6) is -1.29. The lowest BCUT2D eigenvalue weighted by Crippen LogP contribution is -2.37. The molecule has 0 radical (unpaired) electrons. The number of anilines is 2. The van der Waals surface area contributed by atoms with Gasteiger partial charge in [-0.3, -0.25) is 4.79 Å². The summed E-state index contributed by atoms with van der Waals surface area (Å²) in [6, 6.07) is 4.50. The highest BCUT2D eigenvalue weighted by atomic mass is 16.4. The first-order valence-electron chi connectivity index (χ1n) is 7.25. The van der Waals surface area contributed by atoms with Crippen LogP contribution in [0.2, 0.25) is 0 Å². The Bertz CT molecular complexity index is 567. The van der Waals surface area contributed by atoms with Gasteiger partial charge >= 0.3 is 5.97 Å². The minimum Gasteiger partial charge on any atom is -0.478 e. The lowest BCUT2D eigenvalue weighted by Gasteiger charge is -2.37. The number of hydrogen-bond acceptors (Lipinski definition) is 3. The van der Waals surface area contributed by atoms with E-state index in [0.717, 1.165) is 25.7 Å². The third-order valence-corrected chi connectivity index (χ3v) is 4.36. The van der Waals surface area contributed by atoms with Gasteiger partial charge in [0.2, 0.25) is 5.91 Å². The van der Waals surface area contributed by atoms with Crippen molar-refractivity contribution in [2.45, 2.75) is 39.5 Å². The Labute approximate surface area is 124 Å². The van der Waals surface area contributed by atoms with Gasteiger partial charge in [0.15, 0.2) is 0 Å². The molecule has 4 N–H and O–H groups in total. The van der Waals surface area contributed by atoms with E-state index in [9.17, 15) is 14.7 Å². The van der Waals surface area contributed by atoms with Gasteiger partial charge in [-0.15, -0.1) is 0 Å². The van der Waals surface area contributed by atoms with Crippen LogP contribution in [-0.4, -0.2) is 17.0 Å². The topological polar surface area (TPSA) is 92.4 Å². The summed E-state index contributed by atoms with van der Waals surface area (Å²) in [5.41, 5.74) is 6.25. The SMILES string of the molecule is CC1(C)CCCCC1C(=O)Nc1ccc(N)cc1C(=O)O. The van der Waals surface area contributed by atoms with Gasteiger partial charge in [0, 0.05) is 11.6 Å². The van der Waals surface area contributed by atoms with Crippen molar-refractivity contribution in [3.8, 4) is 0 Å². The van der Waals surface area contributed by atoms with Crippen LogP contribution in [0.3, 0.4) is 0 Å². The third kappa shape index (κ3) is 3.35. The Kier molecular flexibility index (Phi) is 4.21. The zero-order valence-electron chi connectivity index (χ0n) is 12.5. The van der Waals surface area contributed by atoms with Gasteiger partial charge in [-0.1, -0.05) is 26.7 Å². The van der Waals surface area contributed by atoms with Crippen molar-refractivity contribution in [1.82, 2.24) is 0 Å². The van der Waals surface area contributed by atoms with Crippen LogP contribution >= 0.6 is 0 Å². The van der Waals surface area contributed by atoms with E-state index in [-0.39, 0.29) is 22.8 Å². The van der Waals surface area contributed by atoms with E-state index in [2.05, 4.69) is 19.2 Å². The molecular weight excluding hydrogens is 268 g/mol. The number of carboxylic acid groups (broad SMARTS) is 1. The number of rotatable bonds is 3. The molecule has 1 saturated carbocycles. The van der Waals surface area contributed by atoms with E-state index in [1.165, 1.54) is 6.07 Å². The summed E-state index contributed by atoms with van der Waals surface area (Å²) in [6.45, 7) is 4.19. The molecule has 1 atom stereocenters. The van der Waals surface area contributed by atoms with Crippen LogP contribution < -0.4 is 11.1 Å². The second-order valence-electron chi connectivity index (χ2n) is 6.39. The molecule has 0 spiro atoms. The summed E-state index contributed by atoms with van der Waals surface area (Å²) < 4.78 is 0. The molecule has 114 valence electrons. The Morgan fingerprint density at radius 3 is 2.67 bits per heavy atom. The molecule has 1 aromatic rings. The molecule has 2 rings (SSSR count). The Balaban J connectivity index is 2.22. The molecule has 1 aliphatic carbocycles. The third-order valence-electron chi connectivity index (χ3n) is 4.36. The first-order chi connectivity index (χ1) is 9.81. The molecule has 0 aliphatic heterocycles. The minimum absolute atomic E-state index is 0.0250. The number of nitrogens with two attached hydrogens (primary N) is 1. The van der Waals surface area contributed by atoms with Crippen molar-refractivity contribution < 1.29 is 14.7 Å². The van der Waals surface area contributed by atoms with Crippen molar-refractivity contribution in [2.75, 3.05) is 11.1 Å². The number of nitrogens with one attached hydrogen (secondary N) is 1. The number of carbonyl (C=O) groups excluding carboxylic acids is 1. The number of carbonyl (C=O) groups is 2. The first kappa shape index (κ1) is 15.4. The predicted octanol–water partition coefficient (Wildman–Crippen LogP) is 3.12. The number of nitrogen functional groups attached to an aromatic ring is 1. The van der Waals surface area contributed by atoms with Crippen molar-refractivity contribution in [3.05, 3.63) is 23.8 Å². The van der Waals surface area contributed by atoms with Gasteiger partial charge in [0.05, 0.1) is 11.3 Å². The maximum Gasteiger partial charge on any atom is 0.337 e. The summed E-state index contributed by atoms with van der Waals surface area (Å²) in [5, 5.41) is 12.0. The zero-order chi connectivity index (χ0) is 15.6. The summed E-state index contributed by atoms with van der Waals surface area (Å²) in [7, 11) is 0. The maximum atomic E-state index is 12.5. The van der Waals surface area contributed by atoms with Crippen molar-refractivity contribution in [3.63, 3.8) is 0 Å². The normalized spacial score (nSPS) is 20.8. The lowest BCUT2D eigenvalue weighted by molar-refractivity contribution is -0.124. The van der Waals surface area contributed by atoms with Gasteiger partial charge < -0.3 is 16.2 Å². The quantitative estimate of drug-likeness (QED) is 0.746. The van der Waals surface area contributed by atoms with E-state index in [0.29, 0.717) is 11.4 Å². The highest BCUT2D eigenvalue weighted by Crippen LogP contribution is 2.41. The van der Waals surface area contributed by atoms with Gasteiger partial charge in [0.1, 0.15) is 0 Å². The number of hydrogen-bond donors (Lipinski definition) is 3. The van der Waals surface area contributed by atoms with Crippen molar-refractivity contribution in [2.24, 2.45) is 11.3 Å². The van der Waals surface area contributed by atoms with Crippen molar-refractivity contribution in [1.29, 1.82) is 0 Å². The molecule has 21 heavy (non-hydrogen) atoms. The Hall–Kier alpha value is -2.04. The van der Waals surface area contributed by atoms with Crippen molar-refractivity contribution >= 4 is 23.3 Å². The zero-order valence-corrected chi connectivity index (χ0v) is 12.5. The molecule has 1 aromatic carbocycles. The fraction of sp³-hybridized carbons (Fsp3) is 0.500. The number of carboxylic acids is 1. The fourth-order valence-electron chi connectivity index (χ4n) is 3.05. The van der Waals surface area contributed by atoms with Crippen LogP contribution in [0.5, 0.6) is 0 Å². The number of aromatic carboxylic acids is 1. The van der Waals surface area contributed by atoms with Gasteiger partial charge in [-0.05, 0) is 36.5 Å². The largest absolute Gasteiger partial charge is 0.478 e. The molecule has 0 aromatic heterocycles. The molecule has 0 saturated heterocycles. The molecule has 0 bridgehead atoms. The van der Waals surface area contributed by atoms with Crippen LogP contribution in [0.25, 0.3) is 0 Å². The predicted molar refractivity (Wildman–Crippen MR) is 82.2 cm³/mol. The maximum absolute atomic E-state index is 12.5. The van der Waals surface area contributed by atoms with E-state index in [1.807, 2.05) is 0 Å². The Morgan fingerprint density at radius 1 is 1.33 bits per heavy atom. The highest BCUT2D eigenvalue weighted by molar-refractivity contribution is 6.02. The number of amides is 1. The minimum atomic E-state index is -1.10. The molecule has 0 heterocycles.